The molecule has 0 bridgehead atoms. The van der Waals surface area contributed by atoms with E-state index in [0.29, 0.717) is 0 Å². The van der Waals surface area contributed by atoms with Gasteiger partial charge < -0.3 is 21.0 Å². The molecule has 0 aromatic rings. The van der Waals surface area contributed by atoms with Crippen LogP contribution in [0, 0.1) is 11.8 Å². The monoisotopic (exact) mass is 257 g/mol. The molecular formula is C12H23N3O3. The molecule has 4 N–H and O–H groups in total. The topological polar surface area (TPSA) is 96.9 Å². The number of rotatable bonds is 5. The minimum atomic E-state index is -0.604. The Labute approximate surface area is 108 Å². The molecule has 1 amide bonds. The van der Waals surface area contributed by atoms with E-state index in [9.17, 15) is 4.79 Å². The Balaban J connectivity index is 2.67. The molecule has 1 saturated carbocycles. The zero-order chi connectivity index (χ0) is 13.7. The molecule has 18 heavy (non-hydrogen) atoms. The van der Waals surface area contributed by atoms with E-state index in [4.69, 9.17) is 15.7 Å². The number of oxime groups is 1. The maximum absolute atomic E-state index is 12.2. The third-order valence-electron chi connectivity index (χ3n) is 3.47. The van der Waals surface area contributed by atoms with Gasteiger partial charge in [0.1, 0.15) is 5.92 Å². The fourth-order valence-electron chi connectivity index (χ4n) is 2.49. The maximum atomic E-state index is 12.2. The summed E-state index contributed by atoms with van der Waals surface area (Å²) in [6.07, 6.45) is 2.97. The van der Waals surface area contributed by atoms with Crippen LogP contribution in [-0.2, 0) is 9.53 Å². The number of nitrogens with two attached hydrogens (primary N) is 1. The van der Waals surface area contributed by atoms with E-state index in [-0.39, 0.29) is 29.8 Å². The molecule has 1 aliphatic rings. The van der Waals surface area contributed by atoms with Crippen molar-refractivity contribution in [1.82, 2.24) is 5.32 Å². The summed E-state index contributed by atoms with van der Waals surface area (Å²) in [5, 5.41) is 14.6. The van der Waals surface area contributed by atoms with Crippen LogP contribution in [0.25, 0.3) is 0 Å². The van der Waals surface area contributed by atoms with Gasteiger partial charge in [0.2, 0.25) is 5.91 Å². The maximum Gasteiger partial charge on any atom is 0.231 e. The van der Waals surface area contributed by atoms with Crippen molar-refractivity contribution in [3.05, 3.63) is 0 Å². The van der Waals surface area contributed by atoms with E-state index < -0.39 is 5.92 Å². The highest BCUT2D eigenvalue weighted by atomic mass is 16.5. The van der Waals surface area contributed by atoms with Gasteiger partial charge in [-0.1, -0.05) is 19.0 Å². The molecule has 0 aliphatic heterocycles. The molecule has 0 heterocycles. The van der Waals surface area contributed by atoms with Crippen LogP contribution in [0.4, 0.5) is 0 Å². The summed E-state index contributed by atoms with van der Waals surface area (Å²) in [5.41, 5.74) is 5.57. The van der Waals surface area contributed by atoms with Crippen LogP contribution in [0.5, 0.6) is 0 Å². The normalized spacial score (nSPS) is 26.3. The quantitative estimate of drug-likeness (QED) is 0.292. The van der Waals surface area contributed by atoms with Gasteiger partial charge in [0.25, 0.3) is 0 Å². The minimum Gasteiger partial charge on any atom is -0.409 e. The smallest absolute Gasteiger partial charge is 0.231 e. The molecule has 1 fully saturated rings. The summed E-state index contributed by atoms with van der Waals surface area (Å²) in [4.78, 5) is 12.2. The fraction of sp³-hybridized carbons (Fsp3) is 0.833. The van der Waals surface area contributed by atoms with Crippen LogP contribution < -0.4 is 11.1 Å². The lowest BCUT2D eigenvalue weighted by molar-refractivity contribution is -0.125. The largest absolute Gasteiger partial charge is 0.409 e. The van der Waals surface area contributed by atoms with E-state index in [1.165, 1.54) is 0 Å². The van der Waals surface area contributed by atoms with Gasteiger partial charge in [0.15, 0.2) is 5.84 Å². The molecule has 6 nitrogen and oxygen atoms in total. The molecule has 0 spiro atoms. The first-order chi connectivity index (χ1) is 8.51. The lowest BCUT2D eigenvalue weighted by Crippen LogP contribution is -2.48. The summed E-state index contributed by atoms with van der Waals surface area (Å²) in [5.74, 6) is -0.875. The predicted octanol–water partition coefficient (Wildman–Crippen LogP) is 0.689. The zero-order valence-corrected chi connectivity index (χ0v) is 11.2. The average molecular weight is 257 g/mol. The molecule has 0 aromatic heterocycles. The van der Waals surface area contributed by atoms with Crippen molar-refractivity contribution in [2.45, 2.75) is 45.3 Å². The molecule has 104 valence electrons. The van der Waals surface area contributed by atoms with Gasteiger partial charge in [-0.15, -0.1) is 0 Å². The van der Waals surface area contributed by atoms with E-state index in [0.717, 1.165) is 19.3 Å². The van der Waals surface area contributed by atoms with Crippen LogP contribution >= 0.6 is 0 Å². The Morgan fingerprint density at radius 2 is 2.17 bits per heavy atom. The van der Waals surface area contributed by atoms with E-state index in [1.54, 1.807) is 7.11 Å². The highest BCUT2D eigenvalue weighted by Gasteiger charge is 2.33. The van der Waals surface area contributed by atoms with Crippen molar-refractivity contribution in [1.29, 1.82) is 0 Å². The highest BCUT2D eigenvalue weighted by molar-refractivity contribution is 6.02. The van der Waals surface area contributed by atoms with Crippen LogP contribution in [0.1, 0.15) is 33.1 Å². The van der Waals surface area contributed by atoms with Gasteiger partial charge in [-0.05, 0) is 25.2 Å². The van der Waals surface area contributed by atoms with Gasteiger partial charge in [0.05, 0.1) is 12.1 Å². The highest BCUT2D eigenvalue weighted by Crippen LogP contribution is 2.22. The van der Waals surface area contributed by atoms with Crippen molar-refractivity contribution in [3.63, 3.8) is 0 Å². The lowest BCUT2D eigenvalue weighted by Gasteiger charge is -2.24. The van der Waals surface area contributed by atoms with Gasteiger partial charge >= 0.3 is 0 Å². The van der Waals surface area contributed by atoms with Gasteiger partial charge in [-0.25, -0.2) is 0 Å². The standard InChI is InChI=1S/C12H23N3O3/c1-7(2)10(11(13)15-17)12(16)14-8-5-4-6-9(8)18-3/h7-10,17H,4-6H2,1-3H3,(H2,13,15)(H,14,16). The van der Waals surface area contributed by atoms with E-state index in [1.807, 2.05) is 13.8 Å². The second-order valence-corrected chi connectivity index (χ2v) is 5.07. The first-order valence-electron chi connectivity index (χ1n) is 6.31. The van der Waals surface area contributed by atoms with Crippen molar-refractivity contribution >= 4 is 11.7 Å². The number of hydrogen-bond acceptors (Lipinski definition) is 4. The molecular weight excluding hydrogens is 234 g/mol. The minimum absolute atomic E-state index is 0.0234. The number of ether oxygens (including phenoxy) is 1. The Bertz CT molecular complexity index is 318. The van der Waals surface area contributed by atoms with E-state index in [2.05, 4.69) is 10.5 Å². The van der Waals surface area contributed by atoms with Crippen LogP contribution in [0.2, 0.25) is 0 Å². The molecule has 1 aliphatic carbocycles. The van der Waals surface area contributed by atoms with Gasteiger partial charge in [-0.2, -0.15) is 0 Å². The third-order valence-corrected chi connectivity index (χ3v) is 3.47. The second kappa shape index (κ2) is 6.58. The Hall–Kier alpha value is -1.30. The molecule has 0 aromatic carbocycles. The van der Waals surface area contributed by atoms with Crippen LogP contribution in [0.3, 0.4) is 0 Å². The first kappa shape index (κ1) is 14.8. The molecule has 0 radical (unpaired) electrons. The van der Waals surface area contributed by atoms with Crippen LogP contribution in [0.15, 0.2) is 5.16 Å². The molecule has 3 unspecified atom stereocenters. The number of amides is 1. The number of carbonyl (C=O) groups excluding carboxylic acids is 1. The van der Waals surface area contributed by atoms with Gasteiger partial charge in [-0.3, -0.25) is 4.79 Å². The van der Waals surface area contributed by atoms with Crippen molar-refractivity contribution in [3.8, 4) is 0 Å². The van der Waals surface area contributed by atoms with Crippen LogP contribution in [-0.4, -0.2) is 36.2 Å². The number of nitrogens with one attached hydrogen (secondary N) is 1. The molecule has 6 heteroatoms. The Kier molecular flexibility index (Phi) is 5.40. The summed E-state index contributed by atoms with van der Waals surface area (Å²) < 4.78 is 5.33. The molecule has 1 rings (SSSR count). The second-order valence-electron chi connectivity index (χ2n) is 5.07. The van der Waals surface area contributed by atoms with Gasteiger partial charge in [0, 0.05) is 7.11 Å². The number of carbonyl (C=O) groups is 1. The average Bonchev–Trinajstić information content (AvgIpc) is 2.75. The predicted molar refractivity (Wildman–Crippen MR) is 68.3 cm³/mol. The fourth-order valence-corrected chi connectivity index (χ4v) is 2.49. The number of amidine groups is 1. The SMILES string of the molecule is COC1CCCC1NC(=O)C(C(N)=NO)C(C)C. The number of nitrogens with zero attached hydrogens (tertiary/aromatic N) is 1. The summed E-state index contributed by atoms with van der Waals surface area (Å²) in [6.45, 7) is 3.73. The first-order valence-corrected chi connectivity index (χ1v) is 6.31. The molecule has 0 saturated heterocycles. The van der Waals surface area contributed by atoms with Crippen molar-refractivity contribution in [2.24, 2.45) is 22.7 Å². The Morgan fingerprint density at radius 3 is 2.67 bits per heavy atom. The third kappa shape index (κ3) is 3.35. The summed E-state index contributed by atoms with van der Waals surface area (Å²) >= 11 is 0. The summed E-state index contributed by atoms with van der Waals surface area (Å²) in [6, 6.07) is 0.0234. The lowest BCUT2D eigenvalue weighted by atomic mass is 9.93. The van der Waals surface area contributed by atoms with Crippen molar-refractivity contribution in [2.75, 3.05) is 7.11 Å². The number of methoxy groups -OCH3 is 1. The van der Waals surface area contributed by atoms with E-state index >= 15 is 0 Å². The number of hydrogen-bond donors (Lipinski definition) is 3. The summed E-state index contributed by atoms with van der Waals surface area (Å²) in [7, 11) is 1.65. The van der Waals surface area contributed by atoms with Crippen molar-refractivity contribution < 1.29 is 14.7 Å². The Morgan fingerprint density at radius 1 is 1.50 bits per heavy atom. The molecule has 3 atom stereocenters. The zero-order valence-electron chi connectivity index (χ0n) is 11.2.